The molecule has 0 unspecified atom stereocenters. The normalized spacial score (nSPS) is 36.5. The molecule has 3 aliphatic rings. The molecular weight excluding hydrogens is 174 g/mol. The van der Waals surface area contributed by atoms with Crippen LogP contribution in [0.3, 0.4) is 0 Å². The van der Waals surface area contributed by atoms with E-state index in [0.717, 1.165) is 30.9 Å². The summed E-state index contributed by atoms with van der Waals surface area (Å²) in [5.41, 5.74) is 1.05. The van der Waals surface area contributed by atoms with Crippen molar-refractivity contribution in [2.75, 3.05) is 6.54 Å². The topological polar surface area (TPSA) is 32.3 Å². The summed E-state index contributed by atoms with van der Waals surface area (Å²) in [4.78, 5) is 0. The zero-order chi connectivity index (χ0) is 9.60. The van der Waals surface area contributed by atoms with Crippen molar-refractivity contribution in [2.24, 2.45) is 5.92 Å². The summed E-state index contributed by atoms with van der Waals surface area (Å²) < 4.78 is 0. The van der Waals surface area contributed by atoms with Gasteiger partial charge >= 0.3 is 0 Å². The molecule has 0 radical (unpaired) electrons. The standard InChI is InChI=1S/C12H15NO/c14-11(10-4-2-1-3-5-10)12-6-9(7-12)8-13-12/h1-5,9,11,13-14H,6-8H2/t9?,11-,12?/m0/s1. The molecule has 1 aliphatic carbocycles. The van der Waals surface area contributed by atoms with Crippen LogP contribution in [0.15, 0.2) is 30.3 Å². The molecule has 0 aromatic heterocycles. The Hall–Kier alpha value is -0.860. The van der Waals surface area contributed by atoms with E-state index in [0.29, 0.717) is 0 Å². The van der Waals surface area contributed by atoms with Gasteiger partial charge in [-0.1, -0.05) is 30.3 Å². The number of aliphatic hydroxyl groups excluding tert-OH is 1. The first-order chi connectivity index (χ1) is 6.80. The summed E-state index contributed by atoms with van der Waals surface area (Å²) in [6.45, 7) is 1.09. The van der Waals surface area contributed by atoms with Crippen LogP contribution in [-0.2, 0) is 0 Å². The minimum Gasteiger partial charge on any atom is -0.386 e. The Labute approximate surface area is 84.0 Å². The zero-order valence-corrected chi connectivity index (χ0v) is 8.11. The second-order valence-electron chi connectivity index (χ2n) is 4.62. The molecule has 2 heteroatoms. The van der Waals surface area contributed by atoms with E-state index in [9.17, 15) is 5.11 Å². The van der Waals surface area contributed by atoms with Gasteiger partial charge in [-0.05, 0) is 30.9 Å². The Morgan fingerprint density at radius 2 is 2.00 bits per heavy atom. The predicted molar refractivity (Wildman–Crippen MR) is 54.9 cm³/mol. The lowest BCUT2D eigenvalue weighted by Gasteiger charge is -2.41. The smallest absolute Gasteiger partial charge is 0.0971 e. The molecule has 4 rings (SSSR count). The largest absolute Gasteiger partial charge is 0.386 e. The van der Waals surface area contributed by atoms with Crippen LogP contribution in [-0.4, -0.2) is 17.2 Å². The maximum atomic E-state index is 10.3. The van der Waals surface area contributed by atoms with Crippen molar-refractivity contribution in [3.05, 3.63) is 35.9 Å². The Kier molecular flexibility index (Phi) is 1.70. The highest BCUT2D eigenvalue weighted by Crippen LogP contribution is 2.50. The highest BCUT2D eigenvalue weighted by atomic mass is 16.3. The minimum absolute atomic E-state index is 0.00597. The molecule has 2 N–H and O–H groups in total. The van der Waals surface area contributed by atoms with Crippen LogP contribution in [0.2, 0.25) is 0 Å². The first-order valence-corrected chi connectivity index (χ1v) is 5.28. The van der Waals surface area contributed by atoms with Crippen molar-refractivity contribution in [2.45, 2.75) is 24.5 Å². The van der Waals surface area contributed by atoms with Crippen LogP contribution in [0.1, 0.15) is 24.5 Å². The Bertz CT molecular complexity index is 324. The molecular formula is C12H15NO. The molecule has 1 aromatic rings. The van der Waals surface area contributed by atoms with Gasteiger partial charge in [0.1, 0.15) is 0 Å². The van der Waals surface area contributed by atoms with E-state index in [1.54, 1.807) is 0 Å². The molecule has 3 fully saturated rings. The summed E-state index contributed by atoms with van der Waals surface area (Å²) in [5.74, 6) is 0.813. The first kappa shape index (κ1) is 8.45. The van der Waals surface area contributed by atoms with E-state index >= 15 is 0 Å². The molecule has 1 saturated carbocycles. The van der Waals surface area contributed by atoms with Crippen molar-refractivity contribution in [1.82, 2.24) is 5.32 Å². The lowest BCUT2D eigenvalue weighted by Crippen LogP contribution is -2.48. The Morgan fingerprint density at radius 3 is 2.57 bits per heavy atom. The fourth-order valence-corrected chi connectivity index (χ4v) is 2.88. The second-order valence-corrected chi connectivity index (χ2v) is 4.62. The van der Waals surface area contributed by atoms with Crippen LogP contribution in [0.25, 0.3) is 0 Å². The molecule has 1 atom stereocenters. The van der Waals surface area contributed by atoms with Gasteiger partial charge in [0.05, 0.1) is 6.10 Å². The van der Waals surface area contributed by atoms with E-state index in [4.69, 9.17) is 0 Å². The molecule has 2 nitrogen and oxygen atoms in total. The lowest BCUT2D eigenvalue weighted by molar-refractivity contribution is 0.0265. The van der Waals surface area contributed by atoms with E-state index in [1.807, 2.05) is 30.3 Å². The summed E-state index contributed by atoms with van der Waals surface area (Å²) in [6, 6.07) is 9.97. The molecule has 2 heterocycles. The van der Waals surface area contributed by atoms with Crippen LogP contribution < -0.4 is 5.32 Å². The molecule has 2 aliphatic heterocycles. The van der Waals surface area contributed by atoms with Crippen molar-refractivity contribution in [1.29, 1.82) is 0 Å². The molecule has 1 aromatic carbocycles. The number of hydrogen-bond acceptors (Lipinski definition) is 2. The maximum absolute atomic E-state index is 10.3. The lowest BCUT2D eigenvalue weighted by atomic mass is 9.69. The van der Waals surface area contributed by atoms with E-state index in [1.165, 1.54) is 0 Å². The zero-order valence-electron chi connectivity index (χ0n) is 8.11. The highest BCUT2D eigenvalue weighted by Gasteiger charge is 2.54. The summed E-state index contributed by atoms with van der Waals surface area (Å²) >= 11 is 0. The number of rotatable bonds is 2. The predicted octanol–water partition coefficient (Wildman–Crippen LogP) is 1.47. The van der Waals surface area contributed by atoms with Gasteiger partial charge < -0.3 is 10.4 Å². The Morgan fingerprint density at radius 1 is 1.29 bits per heavy atom. The van der Waals surface area contributed by atoms with Crippen molar-refractivity contribution in [3.63, 3.8) is 0 Å². The van der Waals surface area contributed by atoms with Crippen LogP contribution in [0, 0.1) is 5.92 Å². The fourth-order valence-electron chi connectivity index (χ4n) is 2.88. The van der Waals surface area contributed by atoms with Gasteiger partial charge in [-0.2, -0.15) is 0 Å². The van der Waals surface area contributed by atoms with Crippen molar-refractivity contribution >= 4 is 0 Å². The molecule has 14 heavy (non-hydrogen) atoms. The van der Waals surface area contributed by atoms with Crippen LogP contribution in [0.4, 0.5) is 0 Å². The van der Waals surface area contributed by atoms with E-state index in [-0.39, 0.29) is 11.6 Å². The first-order valence-electron chi connectivity index (χ1n) is 5.28. The molecule has 0 spiro atoms. The molecule has 2 bridgehead atoms. The van der Waals surface area contributed by atoms with Crippen molar-refractivity contribution in [3.8, 4) is 0 Å². The minimum atomic E-state index is -0.331. The van der Waals surface area contributed by atoms with Gasteiger partial charge in [-0.15, -0.1) is 0 Å². The monoisotopic (exact) mass is 189 g/mol. The summed E-state index contributed by atoms with van der Waals surface area (Å²) in [5, 5.41) is 13.7. The average Bonchev–Trinajstić information content (AvgIpc) is 2.77. The van der Waals surface area contributed by atoms with Gasteiger partial charge in [-0.3, -0.25) is 0 Å². The second kappa shape index (κ2) is 2.81. The molecule has 2 saturated heterocycles. The summed E-state index contributed by atoms with van der Waals surface area (Å²) in [7, 11) is 0. The quantitative estimate of drug-likeness (QED) is 0.738. The third-order valence-corrected chi connectivity index (χ3v) is 3.69. The Balaban J connectivity index is 1.86. The number of hydrogen-bond donors (Lipinski definition) is 2. The maximum Gasteiger partial charge on any atom is 0.0971 e. The molecule has 0 amide bonds. The highest BCUT2D eigenvalue weighted by molar-refractivity contribution is 5.25. The van der Waals surface area contributed by atoms with E-state index < -0.39 is 0 Å². The summed E-state index contributed by atoms with van der Waals surface area (Å²) in [6.07, 6.45) is 1.95. The number of fused-ring (bicyclic) bond motifs is 1. The third-order valence-electron chi connectivity index (χ3n) is 3.69. The number of nitrogens with one attached hydrogen (secondary N) is 1. The molecule has 74 valence electrons. The van der Waals surface area contributed by atoms with Crippen LogP contribution in [0.5, 0.6) is 0 Å². The van der Waals surface area contributed by atoms with Crippen LogP contribution >= 0.6 is 0 Å². The van der Waals surface area contributed by atoms with Gasteiger partial charge in [0.25, 0.3) is 0 Å². The SMILES string of the molecule is O[C@@H](c1ccccc1)C12CC(CN1)C2. The van der Waals surface area contributed by atoms with Gasteiger partial charge in [0, 0.05) is 5.54 Å². The number of benzene rings is 1. The average molecular weight is 189 g/mol. The van der Waals surface area contributed by atoms with Gasteiger partial charge in [0.15, 0.2) is 0 Å². The fraction of sp³-hybridized carbons (Fsp3) is 0.500. The van der Waals surface area contributed by atoms with Crippen molar-refractivity contribution < 1.29 is 5.11 Å². The van der Waals surface area contributed by atoms with E-state index in [2.05, 4.69) is 5.32 Å². The van der Waals surface area contributed by atoms with Gasteiger partial charge in [0.2, 0.25) is 0 Å². The third kappa shape index (κ3) is 1.04. The van der Waals surface area contributed by atoms with Gasteiger partial charge in [-0.25, -0.2) is 0 Å². The number of aliphatic hydroxyl groups is 1.